The second-order valence-corrected chi connectivity index (χ2v) is 3.54. The number of carboxylic acid groups (broad SMARTS) is 1. The minimum Gasteiger partial charge on any atom is -0.481 e. The SMILES string of the molecule is CCN1C(C)CNC(=O)C1CC(=O)O. The molecule has 2 unspecified atom stereocenters. The van der Waals surface area contributed by atoms with Crippen LogP contribution in [0.2, 0.25) is 0 Å². The molecule has 1 amide bonds. The van der Waals surface area contributed by atoms with Crippen molar-refractivity contribution in [3.8, 4) is 0 Å². The van der Waals surface area contributed by atoms with Crippen LogP contribution in [0.1, 0.15) is 20.3 Å². The zero-order chi connectivity index (χ0) is 10.7. The highest BCUT2D eigenvalue weighted by atomic mass is 16.4. The summed E-state index contributed by atoms with van der Waals surface area (Å²) in [4.78, 5) is 23.9. The molecule has 0 aromatic heterocycles. The molecule has 0 aromatic rings. The van der Waals surface area contributed by atoms with E-state index < -0.39 is 12.0 Å². The Morgan fingerprint density at radius 1 is 1.71 bits per heavy atom. The standard InChI is InChI=1S/C9H16N2O3/c1-3-11-6(2)5-10-9(14)7(11)4-8(12)13/h6-7H,3-5H2,1-2H3,(H,10,14)(H,12,13). The van der Waals surface area contributed by atoms with Gasteiger partial charge in [0.05, 0.1) is 12.5 Å². The molecule has 1 saturated heterocycles. The van der Waals surface area contributed by atoms with E-state index in [1.807, 2.05) is 18.7 Å². The molecule has 0 radical (unpaired) electrons. The first-order valence-electron chi connectivity index (χ1n) is 4.81. The van der Waals surface area contributed by atoms with Gasteiger partial charge in [0.2, 0.25) is 5.91 Å². The van der Waals surface area contributed by atoms with E-state index in [0.29, 0.717) is 13.1 Å². The average molecular weight is 200 g/mol. The molecule has 0 aromatic carbocycles. The number of rotatable bonds is 3. The van der Waals surface area contributed by atoms with E-state index in [4.69, 9.17) is 5.11 Å². The Morgan fingerprint density at radius 3 is 2.86 bits per heavy atom. The third-order valence-corrected chi connectivity index (χ3v) is 2.57. The molecule has 0 aliphatic carbocycles. The molecule has 14 heavy (non-hydrogen) atoms. The largest absolute Gasteiger partial charge is 0.481 e. The molecule has 1 aliphatic rings. The Balaban J connectivity index is 2.73. The van der Waals surface area contributed by atoms with Gasteiger partial charge < -0.3 is 10.4 Å². The third-order valence-electron chi connectivity index (χ3n) is 2.57. The number of likely N-dealkylation sites (N-methyl/N-ethyl adjacent to an activating group) is 1. The van der Waals surface area contributed by atoms with E-state index >= 15 is 0 Å². The molecular weight excluding hydrogens is 184 g/mol. The van der Waals surface area contributed by atoms with Gasteiger partial charge in [0.15, 0.2) is 0 Å². The summed E-state index contributed by atoms with van der Waals surface area (Å²) in [6.45, 7) is 5.22. The predicted molar refractivity (Wildman–Crippen MR) is 50.9 cm³/mol. The van der Waals surface area contributed by atoms with Crippen LogP contribution in [0.4, 0.5) is 0 Å². The van der Waals surface area contributed by atoms with Gasteiger partial charge in [-0.1, -0.05) is 6.92 Å². The molecule has 2 N–H and O–H groups in total. The summed E-state index contributed by atoms with van der Waals surface area (Å²) in [6, 6.07) is -0.303. The van der Waals surface area contributed by atoms with Crippen molar-refractivity contribution in [1.82, 2.24) is 10.2 Å². The third kappa shape index (κ3) is 2.23. The van der Waals surface area contributed by atoms with E-state index in [1.165, 1.54) is 0 Å². The number of hydrogen-bond acceptors (Lipinski definition) is 3. The average Bonchev–Trinajstić information content (AvgIpc) is 2.11. The number of carbonyl (C=O) groups is 2. The van der Waals surface area contributed by atoms with Gasteiger partial charge in [-0.25, -0.2) is 0 Å². The maximum Gasteiger partial charge on any atom is 0.305 e. The van der Waals surface area contributed by atoms with Gasteiger partial charge in [0.25, 0.3) is 0 Å². The van der Waals surface area contributed by atoms with Crippen LogP contribution in [-0.4, -0.2) is 47.1 Å². The van der Waals surface area contributed by atoms with Crippen molar-refractivity contribution in [3.63, 3.8) is 0 Å². The number of carboxylic acids is 1. The van der Waals surface area contributed by atoms with Gasteiger partial charge in [-0.3, -0.25) is 14.5 Å². The minimum absolute atomic E-state index is 0.121. The Morgan fingerprint density at radius 2 is 2.36 bits per heavy atom. The van der Waals surface area contributed by atoms with Crippen molar-refractivity contribution < 1.29 is 14.7 Å². The lowest BCUT2D eigenvalue weighted by Gasteiger charge is -2.38. The molecule has 1 heterocycles. The van der Waals surface area contributed by atoms with Crippen molar-refractivity contribution >= 4 is 11.9 Å². The summed E-state index contributed by atoms with van der Waals surface area (Å²) in [7, 11) is 0. The topological polar surface area (TPSA) is 69.6 Å². The molecule has 1 fully saturated rings. The molecule has 0 spiro atoms. The Bertz CT molecular complexity index is 242. The Kier molecular flexibility index (Phi) is 3.46. The van der Waals surface area contributed by atoms with Crippen LogP contribution in [0.5, 0.6) is 0 Å². The maximum atomic E-state index is 11.4. The molecule has 1 aliphatic heterocycles. The maximum absolute atomic E-state index is 11.4. The summed E-state index contributed by atoms with van der Waals surface area (Å²) in [5.74, 6) is -1.11. The molecule has 5 nitrogen and oxygen atoms in total. The summed E-state index contributed by atoms with van der Waals surface area (Å²) in [5.41, 5.74) is 0. The quantitative estimate of drug-likeness (QED) is 0.654. The monoisotopic (exact) mass is 200 g/mol. The fourth-order valence-corrected chi connectivity index (χ4v) is 1.85. The van der Waals surface area contributed by atoms with Crippen LogP contribution in [-0.2, 0) is 9.59 Å². The summed E-state index contributed by atoms with van der Waals surface area (Å²) >= 11 is 0. The molecule has 1 rings (SSSR count). The van der Waals surface area contributed by atoms with Crippen LogP contribution in [0.15, 0.2) is 0 Å². The van der Waals surface area contributed by atoms with Crippen molar-refractivity contribution in [1.29, 1.82) is 0 Å². The van der Waals surface area contributed by atoms with Crippen LogP contribution in [0.3, 0.4) is 0 Å². The van der Waals surface area contributed by atoms with Gasteiger partial charge in [0, 0.05) is 12.6 Å². The number of carbonyl (C=O) groups excluding carboxylic acids is 1. The fourth-order valence-electron chi connectivity index (χ4n) is 1.85. The fraction of sp³-hybridized carbons (Fsp3) is 0.778. The van der Waals surface area contributed by atoms with Gasteiger partial charge in [-0.2, -0.15) is 0 Å². The van der Waals surface area contributed by atoms with Crippen LogP contribution < -0.4 is 5.32 Å². The van der Waals surface area contributed by atoms with Crippen molar-refractivity contribution in [2.45, 2.75) is 32.4 Å². The molecular formula is C9H16N2O3. The lowest BCUT2D eigenvalue weighted by atomic mass is 10.1. The van der Waals surface area contributed by atoms with Gasteiger partial charge >= 0.3 is 5.97 Å². The lowest BCUT2D eigenvalue weighted by Crippen LogP contribution is -2.59. The summed E-state index contributed by atoms with van der Waals surface area (Å²) in [6.07, 6.45) is -0.121. The second kappa shape index (κ2) is 4.41. The molecule has 0 saturated carbocycles. The number of nitrogens with zero attached hydrogens (tertiary/aromatic N) is 1. The van der Waals surface area contributed by atoms with E-state index in [1.54, 1.807) is 0 Å². The zero-order valence-electron chi connectivity index (χ0n) is 8.49. The van der Waals surface area contributed by atoms with E-state index in [9.17, 15) is 9.59 Å². The smallest absolute Gasteiger partial charge is 0.305 e. The number of nitrogens with one attached hydrogen (secondary N) is 1. The molecule has 2 atom stereocenters. The molecule has 80 valence electrons. The van der Waals surface area contributed by atoms with Crippen LogP contribution in [0.25, 0.3) is 0 Å². The number of hydrogen-bond donors (Lipinski definition) is 2. The van der Waals surface area contributed by atoms with Crippen molar-refractivity contribution in [3.05, 3.63) is 0 Å². The highest BCUT2D eigenvalue weighted by Gasteiger charge is 2.34. The normalized spacial score (nSPS) is 28.6. The van der Waals surface area contributed by atoms with Gasteiger partial charge in [0.1, 0.15) is 0 Å². The van der Waals surface area contributed by atoms with Gasteiger partial charge in [-0.15, -0.1) is 0 Å². The minimum atomic E-state index is -0.933. The van der Waals surface area contributed by atoms with Crippen LogP contribution >= 0.6 is 0 Å². The number of amides is 1. The van der Waals surface area contributed by atoms with Crippen molar-refractivity contribution in [2.24, 2.45) is 0 Å². The highest BCUT2D eigenvalue weighted by molar-refractivity contribution is 5.86. The summed E-state index contributed by atoms with van der Waals surface area (Å²) < 4.78 is 0. The first-order chi connectivity index (χ1) is 6.56. The zero-order valence-corrected chi connectivity index (χ0v) is 8.49. The first-order valence-corrected chi connectivity index (χ1v) is 4.81. The van der Waals surface area contributed by atoms with E-state index in [0.717, 1.165) is 0 Å². The second-order valence-electron chi connectivity index (χ2n) is 3.54. The number of piperazine rings is 1. The Hall–Kier alpha value is -1.10. The predicted octanol–water partition coefficient (Wildman–Crippen LogP) is -0.330. The first kappa shape index (κ1) is 11.0. The molecule has 0 bridgehead atoms. The van der Waals surface area contributed by atoms with Gasteiger partial charge in [-0.05, 0) is 13.5 Å². The number of aliphatic carboxylic acids is 1. The highest BCUT2D eigenvalue weighted by Crippen LogP contribution is 2.13. The van der Waals surface area contributed by atoms with E-state index in [-0.39, 0.29) is 18.4 Å². The van der Waals surface area contributed by atoms with E-state index in [2.05, 4.69) is 5.32 Å². The summed E-state index contributed by atoms with van der Waals surface area (Å²) in [5, 5.41) is 11.4. The Labute approximate surface area is 83.1 Å². The lowest BCUT2D eigenvalue weighted by molar-refractivity contribution is -0.144. The van der Waals surface area contributed by atoms with Crippen molar-refractivity contribution in [2.75, 3.05) is 13.1 Å². The van der Waals surface area contributed by atoms with Crippen LogP contribution in [0, 0.1) is 0 Å². The molecule has 5 heteroatoms.